The van der Waals surface area contributed by atoms with Crippen LogP contribution in [0.25, 0.3) is 0 Å². The van der Waals surface area contributed by atoms with Crippen molar-refractivity contribution in [3.8, 4) is 0 Å². The Hall–Kier alpha value is -1.15. The van der Waals surface area contributed by atoms with Gasteiger partial charge in [-0.05, 0) is 20.8 Å². The van der Waals surface area contributed by atoms with Gasteiger partial charge >= 0.3 is 0 Å². The van der Waals surface area contributed by atoms with Crippen molar-refractivity contribution in [2.75, 3.05) is 26.3 Å². The fraction of sp³-hybridized carbons (Fsp3) is 0.750. The maximum absolute atomic E-state index is 11.9. The van der Waals surface area contributed by atoms with Crippen molar-refractivity contribution in [2.24, 2.45) is 0 Å². The van der Waals surface area contributed by atoms with E-state index in [9.17, 15) is 19.5 Å². The summed E-state index contributed by atoms with van der Waals surface area (Å²) in [5.74, 6) is -2.14. The summed E-state index contributed by atoms with van der Waals surface area (Å²) in [5.41, 5.74) is -2.06. The molecule has 0 rings (SSSR count). The Bertz CT molecular complexity index is 334. The summed E-state index contributed by atoms with van der Waals surface area (Å²) >= 11 is 0. The number of rotatable bonds is 9. The molecule has 7 nitrogen and oxygen atoms in total. The molecule has 0 spiro atoms. The van der Waals surface area contributed by atoms with Gasteiger partial charge in [0.25, 0.3) is 0 Å². The highest BCUT2D eigenvalue weighted by Gasteiger charge is 2.53. The van der Waals surface area contributed by atoms with Crippen LogP contribution in [0.2, 0.25) is 0 Å². The van der Waals surface area contributed by atoms with Gasteiger partial charge in [-0.3, -0.25) is 19.3 Å². The molecule has 0 aliphatic heterocycles. The number of carbonyl (C=O) groups is 3. The minimum Gasteiger partial charge on any atom is -0.395 e. The average Bonchev–Trinajstić information content (AvgIpc) is 2.29. The SMILES string of the molecule is CC(=O)C(O)C(C(C)=O)(C(C)=O)N(CCO)CCO. The van der Waals surface area contributed by atoms with Crippen molar-refractivity contribution in [3.05, 3.63) is 0 Å². The number of nitrogens with zero attached hydrogens (tertiary/aromatic N) is 1. The molecule has 0 aliphatic carbocycles. The van der Waals surface area contributed by atoms with Crippen molar-refractivity contribution in [3.63, 3.8) is 0 Å². The van der Waals surface area contributed by atoms with Gasteiger partial charge in [0.05, 0.1) is 13.2 Å². The van der Waals surface area contributed by atoms with E-state index in [1.165, 1.54) is 0 Å². The second-order valence-corrected chi connectivity index (χ2v) is 4.33. The van der Waals surface area contributed by atoms with Gasteiger partial charge in [0.1, 0.15) is 6.10 Å². The zero-order valence-corrected chi connectivity index (χ0v) is 11.4. The van der Waals surface area contributed by atoms with Gasteiger partial charge in [0, 0.05) is 13.1 Å². The summed E-state index contributed by atoms with van der Waals surface area (Å²) in [5, 5.41) is 28.0. The number of ketones is 3. The molecule has 0 bridgehead atoms. The second kappa shape index (κ2) is 7.44. The Morgan fingerprint density at radius 2 is 1.37 bits per heavy atom. The van der Waals surface area contributed by atoms with Gasteiger partial charge in [-0.25, -0.2) is 0 Å². The van der Waals surface area contributed by atoms with Gasteiger partial charge in [-0.2, -0.15) is 0 Å². The number of Topliss-reactive ketones (excluding diaryl/α,β-unsaturated/α-hetero) is 3. The van der Waals surface area contributed by atoms with E-state index < -0.39 is 29.0 Å². The summed E-state index contributed by atoms with van der Waals surface area (Å²) in [7, 11) is 0. The average molecular weight is 275 g/mol. The largest absolute Gasteiger partial charge is 0.395 e. The highest BCUT2D eigenvalue weighted by molar-refractivity contribution is 6.14. The predicted octanol–water partition coefficient (Wildman–Crippen LogP) is -1.86. The fourth-order valence-electron chi connectivity index (χ4n) is 2.25. The lowest BCUT2D eigenvalue weighted by atomic mass is 9.80. The molecule has 0 aromatic rings. The molecule has 0 amide bonds. The van der Waals surface area contributed by atoms with E-state index >= 15 is 0 Å². The van der Waals surface area contributed by atoms with Gasteiger partial charge in [0.2, 0.25) is 0 Å². The number of aliphatic hydroxyl groups is 3. The van der Waals surface area contributed by atoms with Crippen molar-refractivity contribution >= 4 is 17.3 Å². The van der Waals surface area contributed by atoms with Crippen LogP contribution in [0, 0.1) is 0 Å². The zero-order valence-electron chi connectivity index (χ0n) is 11.4. The summed E-state index contributed by atoms with van der Waals surface area (Å²) in [6.07, 6.45) is -1.83. The van der Waals surface area contributed by atoms with Gasteiger partial charge in [0.15, 0.2) is 22.9 Å². The maximum atomic E-state index is 11.9. The number of hydrogen-bond acceptors (Lipinski definition) is 7. The maximum Gasteiger partial charge on any atom is 0.172 e. The second-order valence-electron chi connectivity index (χ2n) is 4.33. The molecule has 0 aliphatic rings. The van der Waals surface area contributed by atoms with E-state index in [0.717, 1.165) is 25.7 Å². The topological polar surface area (TPSA) is 115 Å². The molecule has 110 valence electrons. The van der Waals surface area contributed by atoms with Crippen LogP contribution in [0.3, 0.4) is 0 Å². The summed E-state index contributed by atoms with van der Waals surface area (Å²) < 4.78 is 0. The molecule has 1 unspecified atom stereocenters. The van der Waals surface area contributed by atoms with E-state index in [4.69, 9.17) is 10.2 Å². The van der Waals surface area contributed by atoms with Crippen LogP contribution in [0.4, 0.5) is 0 Å². The normalized spacial score (nSPS) is 13.4. The molecule has 3 N–H and O–H groups in total. The lowest BCUT2D eigenvalue weighted by Crippen LogP contribution is -2.68. The van der Waals surface area contributed by atoms with Crippen LogP contribution in [0.1, 0.15) is 20.8 Å². The molecule has 0 aromatic carbocycles. The van der Waals surface area contributed by atoms with E-state index in [1.807, 2.05) is 0 Å². The molecule has 0 aromatic heterocycles. The van der Waals surface area contributed by atoms with E-state index in [-0.39, 0.29) is 26.3 Å². The number of hydrogen-bond donors (Lipinski definition) is 3. The summed E-state index contributed by atoms with van der Waals surface area (Å²) in [6.45, 7) is 2.25. The molecule has 19 heavy (non-hydrogen) atoms. The standard InChI is InChI=1S/C12H21NO6/c1-8(16)11(19)12(9(2)17,10(3)18)13(4-6-14)5-7-15/h11,14-15,19H,4-7H2,1-3H3. The molecule has 0 saturated carbocycles. The Balaban J connectivity index is 5.87. The molecule has 7 heteroatoms. The minimum atomic E-state index is -2.06. The molecule has 0 radical (unpaired) electrons. The molecule has 0 heterocycles. The third-order valence-electron chi connectivity index (χ3n) is 3.09. The van der Waals surface area contributed by atoms with Gasteiger partial charge in [-0.15, -0.1) is 0 Å². The number of β-amino-alcohol motifs (C(OH)–C–C–N with tert-alkyl or cyclic N) is 2. The third kappa shape index (κ3) is 3.44. The molecule has 0 fully saturated rings. The van der Waals surface area contributed by atoms with Gasteiger partial charge < -0.3 is 15.3 Å². The van der Waals surface area contributed by atoms with Crippen LogP contribution < -0.4 is 0 Å². The first-order valence-electron chi connectivity index (χ1n) is 5.94. The molecular formula is C12H21NO6. The van der Waals surface area contributed by atoms with Crippen LogP contribution >= 0.6 is 0 Å². The summed E-state index contributed by atoms with van der Waals surface area (Å²) in [6, 6.07) is 0. The number of aliphatic hydroxyl groups excluding tert-OH is 3. The Kier molecular flexibility index (Phi) is 6.99. The summed E-state index contributed by atoms with van der Waals surface area (Å²) in [4.78, 5) is 36.4. The molecule has 0 saturated heterocycles. The van der Waals surface area contributed by atoms with Crippen LogP contribution in [0.15, 0.2) is 0 Å². The highest BCUT2D eigenvalue weighted by atomic mass is 16.3. The first kappa shape index (κ1) is 17.8. The fourth-order valence-corrected chi connectivity index (χ4v) is 2.25. The van der Waals surface area contributed by atoms with Crippen LogP contribution in [0.5, 0.6) is 0 Å². The molecular weight excluding hydrogens is 254 g/mol. The molecule has 1 atom stereocenters. The Labute approximate surface area is 111 Å². The van der Waals surface area contributed by atoms with E-state index in [1.54, 1.807) is 0 Å². The monoisotopic (exact) mass is 275 g/mol. The first-order chi connectivity index (χ1) is 8.76. The van der Waals surface area contributed by atoms with Gasteiger partial charge in [-0.1, -0.05) is 0 Å². The Morgan fingerprint density at radius 3 is 1.58 bits per heavy atom. The highest BCUT2D eigenvalue weighted by Crippen LogP contribution is 2.24. The van der Waals surface area contributed by atoms with Crippen molar-refractivity contribution in [1.29, 1.82) is 0 Å². The Morgan fingerprint density at radius 1 is 1.00 bits per heavy atom. The van der Waals surface area contributed by atoms with Crippen LogP contribution in [-0.2, 0) is 14.4 Å². The van der Waals surface area contributed by atoms with Crippen molar-refractivity contribution in [2.45, 2.75) is 32.4 Å². The first-order valence-corrected chi connectivity index (χ1v) is 5.94. The predicted molar refractivity (Wildman–Crippen MR) is 66.5 cm³/mol. The van der Waals surface area contributed by atoms with Crippen molar-refractivity contribution in [1.82, 2.24) is 4.90 Å². The van der Waals surface area contributed by atoms with Crippen molar-refractivity contribution < 1.29 is 29.7 Å². The van der Waals surface area contributed by atoms with E-state index in [0.29, 0.717) is 0 Å². The zero-order chi connectivity index (χ0) is 15.2. The van der Waals surface area contributed by atoms with Crippen LogP contribution in [-0.4, -0.2) is 75.5 Å². The van der Waals surface area contributed by atoms with E-state index in [2.05, 4.69) is 0 Å². The quantitative estimate of drug-likeness (QED) is 0.423. The number of carbonyl (C=O) groups excluding carboxylic acids is 3. The lowest BCUT2D eigenvalue weighted by molar-refractivity contribution is -0.158. The smallest absolute Gasteiger partial charge is 0.172 e. The third-order valence-corrected chi connectivity index (χ3v) is 3.09. The lowest BCUT2D eigenvalue weighted by Gasteiger charge is -2.42. The minimum absolute atomic E-state index is 0.121.